The fourth-order valence-corrected chi connectivity index (χ4v) is 1.84. The number of hydrogen-bond acceptors (Lipinski definition) is 4. The molecule has 0 saturated carbocycles. The number of halogens is 1. The highest BCUT2D eigenvalue weighted by molar-refractivity contribution is 8.00. The van der Waals surface area contributed by atoms with E-state index >= 15 is 0 Å². The molecule has 1 amide bonds. The molecule has 0 aromatic heterocycles. The zero-order valence-corrected chi connectivity index (χ0v) is 10.8. The number of carbonyl (C=O) groups excluding carboxylic acids is 1. The van der Waals surface area contributed by atoms with Crippen molar-refractivity contribution in [3.63, 3.8) is 0 Å². The molecule has 4 nitrogen and oxygen atoms in total. The number of carbonyl (C=O) groups is 1. The second-order valence-corrected chi connectivity index (χ2v) is 4.44. The maximum atomic E-state index is 11.4. The molecule has 17 heavy (non-hydrogen) atoms. The van der Waals surface area contributed by atoms with E-state index in [9.17, 15) is 4.79 Å². The van der Waals surface area contributed by atoms with Gasteiger partial charge in [-0.1, -0.05) is 11.6 Å². The van der Waals surface area contributed by atoms with Crippen LogP contribution in [0.4, 0.5) is 5.69 Å². The van der Waals surface area contributed by atoms with Crippen LogP contribution in [0.3, 0.4) is 0 Å². The van der Waals surface area contributed by atoms with Gasteiger partial charge in [0.05, 0.1) is 29.7 Å². The predicted molar refractivity (Wildman–Crippen MR) is 69.6 cm³/mol. The lowest BCUT2D eigenvalue weighted by Gasteiger charge is -2.07. The van der Waals surface area contributed by atoms with Crippen molar-refractivity contribution in [2.75, 3.05) is 23.9 Å². The fourth-order valence-electron chi connectivity index (χ4n) is 1.13. The van der Waals surface area contributed by atoms with Gasteiger partial charge in [-0.2, -0.15) is 5.26 Å². The van der Waals surface area contributed by atoms with Crippen LogP contribution in [-0.4, -0.2) is 24.5 Å². The first kappa shape index (κ1) is 13.7. The van der Waals surface area contributed by atoms with Crippen molar-refractivity contribution in [1.82, 2.24) is 0 Å². The van der Waals surface area contributed by atoms with Gasteiger partial charge >= 0.3 is 0 Å². The summed E-state index contributed by atoms with van der Waals surface area (Å²) in [6.45, 7) is 0. The molecule has 1 N–H and O–H groups in total. The average molecular weight is 271 g/mol. The van der Waals surface area contributed by atoms with Gasteiger partial charge in [-0.15, -0.1) is 11.8 Å². The van der Waals surface area contributed by atoms with E-state index in [1.807, 2.05) is 6.07 Å². The molecule has 0 aliphatic rings. The van der Waals surface area contributed by atoms with E-state index in [-0.39, 0.29) is 11.7 Å². The zero-order chi connectivity index (χ0) is 12.7. The zero-order valence-electron chi connectivity index (χ0n) is 9.20. The summed E-state index contributed by atoms with van der Waals surface area (Å²) in [5.41, 5.74) is 0.610. The lowest BCUT2D eigenvalue weighted by Crippen LogP contribution is -2.14. The quantitative estimate of drug-likeness (QED) is 0.835. The lowest BCUT2D eigenvalue weighted by atomic mass is 10.3. The van der Waals surface area contributed by atoms with Gasteiger partial charge in [0.25, 0.3) is 0 Å². The molecule has 1 rings (SSSR count). The Labute approximate surface area is 109 Å². The minimum atomic E-state index is -0.161. The summed E-state index contributed by atoms with van der Waals surface area (Å²) >= 11 is 7.18. The van der Waals surface area contributed by atoms with E-state index in [2.05, 4.69) is 5.32 Å². The predicted octanol–water partition coefficient (Wildman–Crippen LogP) is 2.54. The first-order valence-electron chi connectivity index (χ1n) is 4.75. The molecule has 6 heteroatoms. The summed E-state index contributed by atoms with van der Waals surface area (Å²) in [5.74, 6) is 0.948. The summed E-state index contributed by atoms with van der Waals surface area (Å²) in [5, 5.41) is 11.5. The largest absolute Gasteiger partial charge is 0.495 e. The number of rotatable bonds is 5. The van der Waals surface area contributed by atoms with E-state index in [0.717, 1.165) is 0 Å². The summed E-state index contributed by atoms with van der Waals surface area (Å²) < 4.78 is 5.00. The van der Waals surface area contributed by atoms with E-state index < -0.39 is 0 Å². The second-order valence-electron chi connectivity index (χ2n) is 3.05. The molecule has 0 fully saturated rings. The standard InChI is InChI=1S/C11H11ClN2O2S/c1-16-10-3-2-8(6-9(10)12)14-11(15)7-17-5-4-13/h2-3,6H,5,7H2,1H3,(H,14,15). The molecule has 1 aromatic carbocycles. The molecule has 0 atom stereocenters. The molecule has 1 aromatic rings. The van der Waals surface area contributed by atoms with Gasteiger partial charge in [0.15, 0.2) is 0 Å². The van der Waals surface area contributed by atoms with Crippen molar-refractivity contribution < 1.29 is 9.53 Å². The molecule has 0 spiro atoms. The van der Waals surface area contributed by atoms with Crippen molar-refractivity contribution in [1.29, 1.82) is 5.26 Å². The molecule has 0 heterocycles. The first-order chi connectivity index (χ1) is 8.17. The van der Waals surface area contributed by atoms with Crippen LogP contribution < -0.4 is 10.1 Å². The maximum Gasteiger partial charge on any atom is 0.234 e. The Hall–Kier alpha value is -1.38. The second kappa shape index (κ2) is 7.05. The number of ether oxygens (including phenoxy) is 1. The third-order valence-corrected chi connectivity index (χ3v) is 2.93. The minimum Gasteiger partial charge on any atom is -0.495 e. The number of nitrogens with zero attached hydrogens (tertiary/aromatic N) is 1. The van der Waals surface area contributed by atoms with Gasteiger partial charge in [0.2, 0.25) is 5.91 Å². The van der Waals surface area contributed by atoms with Crippen molar-refractivity contribution >= 4 is 35.0 Å². The van der Waals surface area contributed by atoms with Crippen LogP contribution >= 0.6 is 23.4 Å². The van der Waals surface area contributed by atoms with E-state index in [1.54, 1.807) is 18.2 Å². The Kier molecular flexibility index (Phi) is 5.67. The Morgan fingerprint density at radius 3 is 3.00 bits per heavy atom. The summed E-state index contributed by atoms with van der Waals surface area (Å²) in [6, 6.07) is 6.96. The van der Waals surface area contributed by atoms with Crippen molar-refractivity contribution in [2.45, 2.75) is 0 Å². The summed E-state index contributed by atoms with van der Waals surface area (Å²) in [6.07, 6.45) is 0. The normalized spacial score (nSPS) is 9.47. The smallest absolute Gasteiger partial charge is 0.234 e. The lowest BCUT2D eigenvalue weighted by molar-refractivity contribution is -0.113. The Morgan fingerprint density at radius 1 is 1.65 bits per heavy atom. The maximum absolute atomic E-state index is 11.4. The van der Waals surface area contributed by atoms with Crippen LogP contribution in [0.15, 0.2) is 18.2 Å². The van der Waals surface area contributed by atoms with E-state index in [4.69, 9.17) is 21.6 Å². The van der Waals surface area contributed by atoms with Crippen molar-refractivity contribution in [3.8, 4) is 11.8 Å². The van der Waals surface area contributed by atoms with Crippen LogP contribution in [0.1, 0.15) is 0 Å². The number of benzene rings is 1. The number of methoxy groups -OCH3 is 1. The molecule has 0 aliphatic heterocycles. The molecule has 0 radical (unpaired) electrons. The molecule has 90 valence electrons. The number of anilines is 1. The van der Waals surface area contributed by atoms with Gasteiger partial charge < -0.3 is 10.1 Å². The number of thioether (sulfide) groups is 1. The Morgan fingerprint density at radius 2 is 2.41 bits per heavy atom. The van der Waals surface area contributed by atoms with Gasteiger partial charge in [-0.3, -0.25) is 4.79 Å². The third-order valence-electron chi connectivity index (χ3n) is 1.84. The number of hydrogen-bond donors (Lipinski definition) is 1. The topological polar surface area (TPSA) is 62.1 Å². The molecular weight excluding hydrogens is 260 g/mol. The van der Waals surface area contributed by atoms with Crippen LogP contribution in [0, 0.1) is 11.3 Å². The highest BCUT2D eigenvalue weighted by Crippen LogP contribution is 2.27. The summed E-state index contributed by atoms with van der Waals surface area (Å²) in [7, 11) is 1.53. The molecule has 0 bridgehead atoms. The van der Waals surface area contributed by atoms with Gasteiger partial charge in [0.1, 0.15) is 5.75 Å². The van der Waals surface area contributed by atoms with E-state index in [0.29, 0.717) is 22.2 Å². The van der Waals surface area contributed by atoms with Crippen molar-refractivity contribution in [3.05, 3.63) is 23.2 Å². The van der Waals surface area contributed by atoms with Crippen LogP contribution in [-0.2, 0) is 4.79 Å². The van der Waals surface area contributed by atoms with Gasteiger partial charge in [-0.05, 0) is 18.2 Å². The minimum absolute atomic E-state index is 0.161. The monoisotopic (exact) mass is 270 g/mol. The highest BCUT2D eigenvalue weighted by Gasteiger charge is 2.05. The number of nitrogens with one attached hydrogen (secondary N) is 1. The molecule has 0 unspecified atom stereocenters. The Balaban J connectivity index is 2.54. The number of amides is 1. The Bertz CT molecular complexity index is 446. The van der Waals surface area contributed by atoms with Gasteiger partial charge in [-0.25, -0.2) is 0 Å². The SMILES string of the molecule is COc1ccc(NC(=O)CSCC#N)cc1Cl. The van der Waals surface area contributed by atoms with Crippen LogP contribution in [0.5, 0.6) is 5.75 Å². The molecule has 0 saturated heterocycles. The summed E-state index contributed by atoms with van der Waals surface area (Å²) in [4.78, 5) is 11.4. The molecule has 0 aliphatic carbocycles. The van der Waals surface area contributed by atoms with Gasteiger partial charge in [0, 0.05) is 5.69 Å². The van der Waals surface area contributed by atoms with Crippen molar-refractivity contribution in [2.24, 2.45) is 0 Å². The number of nitriles is 1. The third kappa shape index (κ3) is 4.55. The van der Waals surface area contributed by atoms with E-state index in [1.165, 1.54) is 18.9 Å². The van der Waals surface area contributed by atoms with Crippen LogP contribution in [0.2, 0.25) is 5.02 Å². The molecular formula is C11H11ClN2O2S. The first-order valence-corrected chi connectivity index (χ1v) is 6.28. The van der Waals surface area contributed by atoms with Crippen LogP contribution in [0.25, 0.3) is 0 Å². The fraction of sp³-hybridized carbons (Fsp3) is 0.273. The average Bonchev–Trinajstić information content (AvgIpc) is 2.29. The highest BCUT2D eigenvalue weighted by atomic mass is 35.5.